The number of hydrogen-bond acceptors (Lipinski definition) is 4. The Morgan fingerprint density at radius 2 is 2.18 bits per heavy atom. The van der Waals surface area contributed by atoms with E-state index in [4.69, 9.17) is 9.47 Å². The van der Waals surface area contributed by atoms with Crippen LogP contribution in [0.3, 0.4) is 0 Å². The highest BCUT2D eigenvalue weighted by Crippen LogP contribution is 2.34. The van der Waals surface area contributed by atoms with Crippen molar-refractivity contribution in [3.63, 3.8) is 0 Å². The molecule has 1 heterocycles. The second-order valence-electron chi connectivity index (χ2n) is 4.03. The fourth-order valence-corrected chi connectivity index (χ4v) is 1.84. The number of Topliss-reactive ketones (excluding diaryl/α,β-unsaturated/α-hetero) is 1. The third-order valence-electron chi connectivity index (χ3n) is 2.57. The van der Waals surface area contributed by atoms with Crippen molar-refractivity contribution in [3.05, 3.63) is 29.8 Å². The smallest absolute Gasteiger partial charge is 0.313 e. The highest BCUT2D eigenvalue weighted by molar-refractivity contribution is 5.94. The van der Waals surface area contributed by atoms with Gasteiger partial charge in [0.25, 0.3) is 0 Å². The van der Waals surface area contributed by atoms with E-state index in [1.807, 2.05) is 24.3 Å². The molecule has 1 aromatic rings. The van der Waals surface area contributed by atoms with Crippen LogP contribution in [-0.2, 0) is 14.3 Å². The van der Waals surface area contributed by atoms with Gasteiger partial charge in [0.1, 0.15) is 24.1 Å². The number of ether oxygens (including phenoxy) is 2. The van der Waals surface area contributed by atoms with Crippen LogP contribution in [0, 0.1) is 0 Å². The Hall–Kier alpha value is -1.84. The monoisotopic (exact) mass is 234 g/mol. The second kappa shape index (κ2) is 4.99. The number of fused-ring (bicyclic) bond motifs is 1. The van der Waals surface area contributed by atoms with Gasteiger partial charge >= 0.3 is 5.97 Å². The highest BCUT2D eigenvalue weighted by Gasteiger charge is 2.24. The molecule has 1 atom stereocenters. The number of para-hydroxylation sites is 1. The van der Waals surface area contributed by atoms with E-state index in [2.05, 4.69) is 0 Å². The number of hydrogen-bond donors (Lipinski definition) is 0. The number of ketones is 1. The minimum absolute atomic E-state index is 0.167. The third kappa shape index (κ3) is 2.84. The lowest BCUT2D eigenvalue weighted by atomic mass is 10.0. The summed E-state index contributed by atoms with van der Waals surface area (Å²) in [5, 5.41) is 0. The van der Waals surface area contributed by atoms with Crippen molar-refractivity contribution in [2.45, 2.75) is 25.9 Å². The van der Waals surface area contributed by atoms with Gasteiger partial charge in [-0.15, -0.1) is 0 Å². The fourth-order valence-electron chi connectivity index (χ4n) is 1.84. The molecule has 0 amide bonds. The number of rotatable bonds is 3. The molecule has 0 aromatic heterocycles. The van der Waals surface area contributed by atoms with Crippen LogP contribution in [0.1, 0.15) is 31.4 Å². The van der Waals surface area contributed by atoms with Crippen molar-refractivity contribution >= 4 is 11.8 Å². The summed E-state index contributed by atoms with van der Waals surface area (Å²) in [4.78, 5) is 22.3. The lowest BCUT2D eigenvalue weighted by Gasteiger charge is -2.25. The van der Waals surface area contributed by atoms with Crippen LogP contribution < -0.4 is 4.74 Å². The molecule has 2 rings (SSSR count). The Balaban J connectivity index is 2.08. The summed E-state index contributed by atoms with van der Waals surface area (Å²) in [6, 6.07) is 7.47. The predicted octanol–water partition coefficient (Wildman–Crippen LogP) is 2.03. The van der Waals surface area contributed by atoms with Crippen molar-refractivity contribution < 1.29 is 19.1 Å². The number of carbonyl (C=O) groups is 2. The lowest BCUT2D eigenvalue weighted by molar-refractivity contribution is -0.152. The van der Waals surface area contributed by atoms with Gasteiger partial charge in [-0.05, 0) is 13.0 Å². The molecule has 0 saturated heterocycles. The van der Waals surface area contributed by atoms with E-state index in [-0.39, 0.29) is 18.3 Å². The molecule has 4 nitrogen and oxygen atoms in total. The fraction of sp³-hybridized carbons (Fsp3) is 0.385. The Kier molecular flexibility index (Phi) is 3.42. The number of benzene rings is 1. The quantitative estimate of drug-likeness (QED) is 0.593. The van der Waals surface area contributed by atoms with Crippen LogP contribution in [0.15, 0.2) is 24.3 Å². The normalized spacial score (nSPS) is 17.8. The van der Waals surface area contributed by atoms with Crippen LogP contribution in [0.5, 0.6) is 5.75 Å². The minimum Gasteiger partial charge on any atom is -0.493 e. The highest BCUT2D eigenvalue weighted by atomic mass is 16.6. The Morgan fingerprint density at radius 1 is 1.41 bits per heavy atom. The van der Waals surface area contributed by atoms with Crippen LogP contribution in [0.4, 0.5) is 0 Å². The summed E-state index contributed by atoms with van der Waals surface area (Å²) >= 11 is 0. The summed E-state index contributed by atoms with van der Waals surface area (Å²) in [5.41, 5.74) is 0.871. The van der Waals surface area contributed by atoms with Crippen molar-refractivity contribution in [2.24, 2.45) is 0 Å². The molecule has 0 spiro atoms. The van der Waals surface area contributed by atoms with E-state index < -0.39 is 5.97 Å². The third-order valence-corrected chi connectivity index (χ3v) is 2.57. The van der Waals surface area contributed by atoms with E-state index >= 15 is 0 Å². The number of esters is 1. The second-order valence-corrected chi connectivity index (χ2v) is 4.03. The van der Waals surface area contributed by atoms with E-state index in [0.29, 0.717) is 13.0 Å². The van der Waals surface area contributed by atoms with Gasteiger partial charge in [-0.1, -0.05) is 18.2 Å². The summed E-state index contributed by atoms with van der Waals surface area (Å²) in [6.07, 6.45) is 0.159. The Bertz CT molecular complexity index is 439. The van der Waals surface area contributed by atoms with E-state index in [1.54, 1.807) is 0 Å². The van der Waals surface area contributed by atoms with Crippen molar-refractivity contribution in [1.29, 1.82) is 0 Å². The molecule has 1 unspecified atom stereocenters. The van der Waals surface area contributed by atoms with Gasteiger partial charge in [0, 0.05) is 12.0 Å². The molecule has 1 aliphatic rings. The maximum absolute atomic E-state index is 11.4. The molecule has 1 aromatic carbocycles. The minimum atomic E-state index is -0.473. The Morgan fingerprint density at radius 3 is 2.94 bits per heavy atom. The molecular formula is C13H14O4. The van der Waals surface area contributed by atoms with Gasteiger partial charge in [-0.2, -0.15) is 0 Å². The summed E-state index contributed by atoms with van der Waals surface area (Å²) < 4.78 is 10.7. The van der Waals surface area contributed by atoms with E-state index in [0.717, 1.165) is 11.3 Å². The first kappa shape index (κ1) is 11.6. The predicted molar refractivity (Wildman–Crippen MR) is 60.7 cm³/mol. The first-order chi connectivity index (χ1) is 8.16. The molecule has 0 saturated carbocycles. The van der Waals surface area contributed by atoms with Crippen molar-refractivity contribution in [1.82, 2.24) is 0 Å². The molecule has 4 heteroatoms. The van der Waals surface area contributed by atoms with Crippen LogP contribution in [-0.4, -0.2) is 18.4 Å². The lowest BCUT2D eigenvalue weighted by Crippen LogP contribution is -2.20. The van der Waals surface area contributed by atoms with E-state index in [9.17, 15) is 9.59 Å². The van der Waals surface area contributed by atoms with Crippen LogP contribution in [0.25, 0.3) is 0 Å². The molecule has 0 bridgehead atoms. The molecule has 0 fully saturated rings. The first-order valence-electron chi connectivity index (χ1n) is 5.57. The van der Waals surface area contributed by atoms with Crippen molar-refractivity contribution in [2.75, 3.05) is 6.61 Å². The molecule has 1 aliphatic heterocycles. The summed E-state index contributed by atoms with van der Waals surface area (Å²) in [6.45, 7) is 1.90. The SMILES string of the molecule is CC(=O)CC(=O)OC1CCOc2ccccc21. The molecule has 0 N–H and O–H groups in total. The van der Waals surface area contributed by atoms with Gasteiger partial charge in [0.2, 0.25) is 0 Å². The number of carbonyl (C=O) groups excluding carboxylic acids is 2. The molecule has 0 radical (unpaired) electrons. The molecule has 0 aliphatic carbocycles. The summed E-state index contributed by atoms with van der Waals surface area (Å²) in [7, 11) is 0. The van der Waals surface area contributed by atoms with Crippen molar-refractivity contribution in [3.8, 4) is 5.75 Å². The van der Waals surface area contributed by atoms with Gasteiger partial charge < -0.3 is 9.47 Å². The van der Waals surface area contributed by atoms with E-state index in [1.165, 1.54) is 6.92 Å². The average molecular weight is 234 g/mol. The first-order valence-corrected chi connectivity index (χ1v) is 5.57. The zero-order chi connectivity index (χ0) is 12.3. The Labute approximate surface area is 99.5 Å². The van der Waals surface area contributed by atoms with Crippen LogP contribution >= 0.6 is 0 Å². The average Bonchev–Trinajstić information content (AvgIpc) is 2.28. The maximum Gasteiger partial charge on any atom is 0.313 e. The maximum atomic E-state index is 11.4. The molecule has 17 heavy (non-hydrogen) atoms. The largest absolute Gasteiger partial charge is 0.493 e. The van der Waals surface area contributed by atoms with Crippen LogP contribution in [0.2, 0.25) is 0 Å². The van der Waals surface area contributed by atoms with Gasteiger partial charge in [-0.25, -0.2) is 0 Å². The molecular weight excluding hydrogens is 220 g/mol. The summed E-state index contributed by atoms with van der Waals surface area (Å²) in [5.74, 6) is 0.0916. The van der Waals surface area contributed by atoms with Gasteiger partial charge in [-0.3, -0.25) is 9.59 Å². The standard InChI is InChI=1S/C13H14O4/c1-9(14)8-13(15)17-12-6-7-16-11-5-3-2-4-10(11)12/h2-5,12H,6-8H2,1H3. The zero-order valence-electron chi connectivity index (χ0n) is 9.64. The topological polar surface area (TPSA) is 52.6 Å². The van der Waals surface area contributed by atoms with Gasteiger partial charge in [0.15, 0.2) is 0 Å². The van der Waals surface area contributed by atoms with Gasteiger partial charge in [0.05, 0.1) is 6.61 Å². The zero-order valence-corrected chi connectivity index (χ0v) is 9.64. The molecule has 90 valence electrons.